The maximum absolute atomic E-state index is 5.51. The number of nitrogens with two attached hydrogens (primary N) is 1. The lowest BCUT2D eigenvalue weighted by molar-refractivity contribution is -0.0809. The predicted octanol–water partition coefficient (Wildman–Crippen LogP) is 1.74. The highest BCUT2D eigenvalue weighted by molar-refractivity contribution is 5.20. The van der Waals surface area contributed by atoms with E-state index < -0.39 is 0 Å². The molecule has 1 unspecified atom stereocenters. The molecule has 1 atom stereocenters. The summed E-state index contributed by atoms with van der Waals surface area (Å²) in [6.07, 6.45) is 8.44. The van der Waals surface area contributed by atoms with Crippen LogP contribution >= 0.6 is 0 Å². The molecule has 1 heterocycles. The fraction of sp³-hybridized carbons (Fsp3) is 0.923. The maximum atomic E-state index is 5.51. The minimum absolute atomic E-state index is 0.335. The van der Waals surface area contributed by atoms with Crippen molar-refractivity contribution >= 4 is 5.95 Å². The lowest BCUT2D eigenvalue weighted by Gasteiger charge is -2.58. The van der Waals surface area contributed by atoms with E-state index in [2.05, 4.69) is 27.9 Å². The zero-order chi connectivity index (χ0) is 13.0. The number of nitrogen functional groups attached to an aromatic ring is 1. The summed E-state index contributed by atoms with van der Waals surface area (Å²) in [5.74, 6) is 8.93. The molecule has 6 heteroatoms. The van der Waals surface area contributed by atoms with Gasteiger partial charge in [0.05, 0.1) is 6.04 Å². The van der Waals surface area contributed by atoms with Crippen molar-refractivity contribution in [2.75, 3.05) is 5.43 Å². The van der Waals surface area contributed by atoms with Gasteiger partial charge < -0.3 is 0 Å². The summed E-state index contributed by atoms with van der Waals surface area (Å²) in [6, 6.07) is 0.335. The van der Waals surface area contributed by atoms with Crippen LogP contribution in [-0.2, 0) is 0 Å². The van der Waals surface area contributed by atoms with Crippen LogP contribution in [0, 0.1) is 23.2 Å². The third kappa shape index (κ3) is 1.62. The monoisotopic (exact) mass is 262 g/mol. The first-order chi connectivity index (χ1) is 9.20. The molecule has 6 nitrogen and oxygen atoms in total. The first kappa shape index (κ1) is 11.6. The number of nitrogens with one attached hydrogen (secondary N) is 1. The Morgan fingerprint density at radius 1 is 1.21 bits per heavy atom. The molecule has 19 heavy (non-hydrogen) atoms. The summed E-state index contributed by atoms with van der Waals surface area (Å²) in [6.45, 7) is 2.27. The SMILES string of the molecule is CC(n1nnnc1NN)C12CC3CC(CC(C3)C1)C2. The van der Waals surface area contributed by atoms with Gasteiger partial charge in [-0.2, -0.15) is 0 Å². The van der Waals surface area contributed by atoms with Gasteiger partial charge in [0.15, 0.2) is 0 Å². The Bertz CT molecular complexity index is 446. The van der Waals surface area contributed by atoms with E-state index in [0.29, 0.717) is 17.4 Å². The minimum atomic E-state index is 0.335. The second kappa shape index (κ2) is 3.91. The molecule has 0 amide bonds. The highest BCUT2D eigenvalue weighted by Gasteiger charge is 2.54. The van der Waals surface area contributed by atoms with E-state index in [0.717, 1.165) is 17.8 Å². The summed E-state index contributed by atoms with van der Waals surface area (Å²) < 4.78 is 1.90. The molecule has 0 radical (unpaired) electrons. The Labute approximate surface area is 113 Å². The van der Waals surface area contributed by atoms with Crippen LogP contribution in [0.25, 0.3) is 0 Å². The van der Waals surface area contributed by atoms with Gasteiger partial charge in [-0.1, -0.05) is 5.10 Å². The zero-order valence-corrected chi connectivity index (χ0v) is 11.4. The second-order valence-electron chi connectivity index (χ2n) is 7.05. The third-order valence-corrected chi connectivity index (χ3v) is 5.96. The molecule has 1 aromatic rings. The smallest absolute Gasteiger partial charge is 0.257 e. The number of hydrogen-bond donors (Lipinski definition) is 2. The van der Waals surface area contributed by atoms with Crippen molar-refractivity contribution in [1.82, 2.24) is 20.2 Å². The lowest BCUT2D eigenvalue weighted by Crippen LogP contribution is -2.49. The molecule has 104 valence electrons. The average molecular weight is 262 g/mol. The average Bonchev–Trinajstić information content (AvgIpc) is 2.84. The number of hydrogen-bond acceptors (Lipinski definition) is 5. The second-order valence-corrected chi connectivity index (χ2v) is 7.05. The number of tetrazole rings is 1. The van der Waals surface area contributed by atoms with E-state index in [9.17, 15) is 0 Å². The molecule has 4 bridgehead atoms. The van der Waals surface area contributed by atoms with E-state index >= 15 is 0 Å². The number of rotatable bonds is 3. The van der Waals surface area contributed by atoms with Gasteiger partial charge in [0.2, 0.25) is 0 Å². The van der Waals surface area contributed by atoms with Crippen molar-refractivity contribution in [3.05, 3.63) is 0 Å². The molecule has 5 rings (SSSR count). The minimum Gasteiger partial charge on any atom is -0.291 e. The van der Waals surface area contributed by atoms with E-state index in [4.69, 9.17) is 5.84 Å². The Morgan fingerprint density at radius 3 is 2.32 bits per heavy atom. The first-order valence-electron chi connectivity index (χ1n) is 7.45. The largest absolute Gasteiger partial charge is 0.291 e. The van der Waals surface area contributed by atoms with Crippen LogP contribution in [0.2, 0.25) is 0 Å². The van der Waals surface area contributed by atoms with Gasteiger partial charge in [0.25, 0.3) is 5.95 Å². The standard InChI is InChI=1S/C13H22N6/c1-8(19-12(15-14)16-17-18-19)13-5-9-2-10(6-13)4-11(3-9)7-13/h8-11H,2-7,14H2,1H3,(H,15,16,18). The van der Waals surface area contributed by atoms with Gasteiger partial charge in [0.1, 0.15) is 0 Å². The van der Waals surface area contributed by atoms with Crippen LogP contribution in [0.1, 0.15) is 51.5 Å². The highest BCUT2D eigenvalue weighted by atomic mass is 15.6. The topological polar surface area (TPSA) is 81.7 Å². The molecule has 1 aromatic heterocycles. The molecule has 4 fully saturated rings. The van der Waals surface area contributed by atoms with Crippen molar-refractivity contribution in [3.8, 4) is 0 Å². The van der Waals surface area contributed by atoms with Gasteiger partial charge >= 0.3 is 0 Å². The van der Waals surface area contributed by atoms with E-state index in [-0.39, 0.29) is 0 Å². The van der Waals surface area contributed by atoms with E-state index in [1.165, 1.54) is 38.5 Å². The molecule has 4 aliphatic carbocycles. The van der Waals surface area contributed by atoms with Crippen molar-refractivity contribution in [3.63, 3.8) is 0 Å². The fourth-order valence-corrected chi connectivity index (χ4v) is 5.50. The molecular weight excluding hydrogens is 240 g/mol. The van der Waals surface area contributed by atoms with Crippen LogP contribution in [-0.4, -0.2) is 20.2 Å². The quantitative estimate of drug-likeness (QED) is 0.640. The Balaban J connectivity index is 1.68. The molecular formula is C13H22N6. The molecule has 4 saturated carbocycles. The van der Waals surface area contributed by atoms with Crippen molar-refractivity contribution < 1.29 is 0 Å². The van der Waals surface area contributed by atoms with Crippen molar-refractivity contribution in [2.24, 2.45) is 29.0 Å². The number of hydrazine groups is 1. The molecule has 0 aromatic carbocycles. The Morgan fingerprint density at radius 2 is 1.79 bits per heavy atom. The summed E-state index contributed by atoms with van der Waals surface area (Å²) in [5.41, 5.74) is 3.01. The van der Waals surface area contributed by atoms with Crippen LogP contribution in [0.15, 0.2) is 0 Å². The predicted molar refractivity (Wildman–Crippen MR) is 70.9 cm³/mol. The normalized spacial score (nSPS) is 41.5. The highest BCUT2D eigenvalue weighted by Crippen LogP contribution is 2.63. The van der Waals surface area contributed by atoms with Crippen LogP contribution in [0.3, 0.4) is 0 Å². The van der Waals surface area contributed by atoms with Crippen molar-refractivity contribution in [1.29, 1.82) is 0 Å². The Kier molecular flexibility index (Phi) is 2.40. The number of aromatic nitrogens is 4. The summed E-state index contributed by atoms with van der Waals surface area (Å²) in [7, 11) is 0. The summed E-state index contributed by atoms with van der Waals surface area (Å²) in [5, 5.41) is 11.9. The van der Waals surface area contributed by atoms with Crippen LogP contribution in [0.5, 0.6) is 0 Å². The van der Waals surface area contributed by atoms with Crippen LogP contribution in [0.4, 0.5) is 5.95 Å². The zero-order valence-electron chi connectivity index (χ0n) is 11.4. The van der Waals surface area contributed by atoms with E-state index in [1.807, 2.05) is 4.68 Å². The Hall–Kier alpha value is -1.17. The summed E-state index contributed by atoms with van der Waals surface area (Å²) >= 11 is 0. The molecule has 0 aliphatic heterocycles. The van der Waals surface area contributed by atoms with Gasteiger partial charge in [-0.3, -0.25) is 5.43 Å². The molecule has 0 saturated heterocycles. The van der Waals surface area contributed by atoms with E-state index in [1.54, 1.807) is 0 Å². The molecule has 4 aliphatic rings. The number of nitrogens with zero attached hydrogens (tertiary/aromatic N) is 4. The third-order valence-electron chi connectivity index (χ3n) is 5.96. The molecule has 3 N–H and O–H groups in total. The van der Waals surface area contributed by atoms with Gasteiger partial charge in [-0.15, -0.1) is 0 Å². The number of anilines is 1. The first-order valence-corrected chi connectivity index (χ1v) is 7.45. The van der Waals surface area contributed by atoms with Crippen molar-refractivity contribution in [2.45, 2.75) is 51.5 Å². The molecule has 0 spiro atoms. The summed E-state index contributed by atoms with van der Waals surface area (Å²) in [4.78, 5) is 0. The van der Waals surface area contributed by atoms with Gasteiger partial charge in [0, 0.05) is 0 Å². The lowest BCUT2D eigenvalue weighted by atomic mass is 9.48. The van der Waals surface area contributed by atoms with Gasteiger partial charge in [-0.05, 0) is 79.0 Å². The fourth-order valence-electron chi connectivity index (χ4n) is 5.50. The maximum Gasteiger partial charge on any atom is 0.257 e. The van der Waals surface area contributed by atoms with Gasteiger partial charge in [-0.25, -0.2) is 10.5 Å². The van der Waals surface area contributed by atoms with Crippen LogP contribution < -0.4 is 11.3 Å².